The zero-order valence-electron chi connectivity index (χ0n) is 26.3. The molecule has 4 rings (SSSR count). The van der Waals surface area contributed by atoms with Gasteiger partial charge in [-0.15, -0.1) is 0 Å². The van der Waals surface area contributed by atoms with Crippen molar-refractivity contribution in [3.05, 3.63) is 69.8 Å². The molecule has 0 saturated carbocycles. The number of benzene rings is 2. The molecule has 2 aliphatic heterocycles. The van der Waals surface area contributed by atoms with Crippen molar-refractivity contribution in [1.29, 1.82) is 0 Å². The molecule has 45 heavy (non-hydrogen) atoms. The number of ether oxygens (including phenoxy) is 3. The van der Waals surface area contributed by atoms with Crippen LogP contribution in [0.2, 0.25) is 5.02 Å². The van der Waals surface area contributed by atoms with Crippen LogP contribution >= 0.6 is 11.6 Å². The summed E-state index contributed by atoms with van der Waals surface area (Å²) in [5.41, 5.74) is 0.649. The molecule has 0 spiro atoms. The molecule has 2 aliphatic rings. The van der Waals surface area contributed by atoms with E-state index < -0.39 is 58.1 Å². The van der Waals surface area contributed by atoms with Gasteiger partial charge in [-0.2, -0.15) is 0 Å². The standard InChI is InChI=1S/C33H39ClF2N2O7/c1-32(2,3)44-30(41)37-17-21-16-22(26(29(39)40)25(18-37)38(21)31(42)45-33(4,5)6)20-11-9-19(10-12-20)8-7-15-43-28-24(36)14-13-23(35)27(28)34/h9-14,21,25H,7-8,15-18H2,1-6H3,(H,39,40). The summed E-state index contributed by atoms with van der Waals surface area (Å²) in [4.78, 5) is 42.0. The molecule has 2 aromatic carbocycles. The van der Waals surface area contributed by atoms with Crippen molar-refractivity contribution < 1.29 is 42.5 Å². The first-order valence-corrected chi connectivity index (χ1v) is 15.1. The Labute approximate surface area is 266 Å². The van der Waals surface area contributed by atoms with Crippen LogP contribution in [0.1, 0.15) is 65.5 Å². The summed E-state index contributed by atoms with van der Waals surface area (Å²) in [7, 11) is 0. The number of carboxylic acids is 1. The Hall–Kier alpha value is -3.86. The first-order chi connectivity index (χ1) is 20.9. The Morgan fingerprint density at radius 1 is 0.911 bits per heavy atom. The van der Waals surface area contributed by atoms with E-state index in [4.69, 9.17) is 25.8 Å². The zero-order chi connectivity index (χ0) is 33.3. The molecule has 2 bridgehead atoms. The molecule has 2 aromatic rings. The summed E-state index contributed by atoms with van der Waals surface area (Å²) in [6.45, 7) is 10.6. The lowest BCUT2D eigenvalue weighted by atomic mass is 9.82. The number of carbonyl (C=O) groups is 3. The highest BCUT2D eigenvalue weighted by Gasteiger charge is 2.49. The SMILES string of the molecule is CC(C)(C)OC(=O)N1CC2CC(c3ccc(CCCOc4c(F)ccc(F)c4Cl)cc3)=C(C(=O)O)C(C1)N2C(=O)OC(C)(C)C. The molecule has 1 fully saturated rings. The fourth-order valence-electron chi connectivity index (χ4n) is 5.48. The number of rotatable bonds is 7. The molecule has 12 heteroatoms. The maximum Gasteiger partial charge on any atom is 0.411 e. The molecule has 2 unspecified atom stereocenters. The Kier molecular flexibility index (Phi) is 10.0. The number of aliphatic carboxylic acids is 1. The topological polar surface area (TPSA) is 106 Å². The summed E-state index contributed by atoms with van der Waals surface area (Å²) >= 11 is 5.82. The van der Waals surface area contributed by atoms with Crippen LogP contribution in [0.3, 0.4) is 0 Å². The minimum Gasteiger partial charge on any atom is -0.489 e. The molecule has 1 saturated heterocycles. The number of aryl methyl sites for hydroxylation is 1. The number of hydrogen-bond donors (Lipinski definition) is 1. The van der Waals surface area contributed by atoms with Crippen molar-refractivity contribution in [2.75, 3.05) is 19.7 Å². The third kappa shape index (κ3) is 8.25. The Morgan fingerprint density at radius 2 is 1.51 bits per heavy atom. The van der Waals surface area contributed by atoms with Crippen molar-refractivity contribution in [1.82, 2.24) is 9.80 Å². The van der Waals surface area contributed by atoms with Crippen LogP contribution in [0.5, 0.6) is 5.75 Å². The highest BCUT2D eigenvalue weighted by molar-refractivity contribution is 6.32. The lowest BCUT2D eigenvalue weighted by molar-refractivity contribution is -0.134. The van der Waals surface area contributed by atoms with Crippen molar-refractivity contribution in [3.63, 3.8) is 0 Å². The minimum atomic E-state index is -1.20. The largest absolute Gasteiger partial charge is 0.489 e. The van der Waals surface area contributed by atoms with Gasteiger partial charge in [0.1, 0.15) is 22.0 Å². The van der Waals surface area contributed by atoms with Crippen LogP contribution in [0.15, 0.2) is 42.0 Å². The van der Waals surface area contributed by atoms with E-state index in [1.807, 2.05) is 24.3 Å². The van der Waals surface area contributed by atoms with E-state index in [1.54, 1.807) is 41.5 Å². The van der Waals surface area contributed by atoms with Gasteiger partial charge in [-0.3, -0.25) is 4.90 Å². The van der Waals surface area contributed by atoms with Crippen molar-refractivity contribution in [2.24, 2.45) is 0 Å². The van der Waals surface area contributed by atoms with Gasteiger partial charge in [0.2, 0.25) is 0 Å². The molecule has 2 heterocycles. The fraction of sp³-hybridized carbons (Fsp3) is 0.485. The first-order valence-electron chi connectivity index (χ1n) is 14.8. The zero-order valence-corrected chi connectivity index (χ0v) is 27.0. The third-order valence-corrected chi connectivity index (χ3v) is 7.65. The van der Waals surface area contributed by atoms with Gasteiger partial charge in [-0.05, 0) is 89.6 Å². The molecule has 0 radical (unpaired) electrons. The lowest BCUT2D eigenvalue weighted by Gasteiger charge is -2.50. The van der Waals surface area contributed by atoms with Gasteiger partial charge in [0, 0.05) is 13.1 Å². The third-order valence-electron chi connectivity index (χ3n) is 7.30. The maximum absolute atomic E-state index is 14.0. The van der Waals surface area contributed by atoms with Crippen LogP contribution in [-0.2, 0) is 20.7 Å². The normalized spacial score (nSPS) is 18.5. The van der Waals surface area contributed by atoms with Crippen molar-refractivity contribution >= 4 is 35.3 Å². The number of nitrogens with zero attached hydrogens (tertiary/aromatic N) is 2. The van der Waals surface area contributed by atoms with Gasteiger partial charge in [0.15, 0.2) is 11.6 Å². The van der Waals surface area contributed by atoms with Crippen LogP contribution in [0, 0.1) is 11.6 Å². The lowest BCUT2D eigenvalue weighted by Crippen LogP contribution is -2.65. The number of amides is 2. The summed E-state index contributed by atoms with van der Waals surface area (Å²) in [5, 5.41) is 10.0. The number of hydrogen-bond acceptors (Lipinski definition) is 6. The second kappa shape index (κ2) is 13.2. The van der Waals surface area contributed by atoms with Crippen molar-refractivity contribution in [3.8, 4) is 5.75 Å². The van der Waals surface area contributed by atoms with Gasteiger partial charge < -0.3 is 24.2 Å². The van der Waals surface area contributed by atoms with Crippen LogP contribution in [0.4, 0.5) is 18.4 Å². The number of carboxylic acid groups (broad SMARTS) is 1. The Morgan fingerprint density at radius 3 is 2.11 bits per heavy atom. The summed E-state index contributed by atoms with van der Waals surface area (Å²) in [6, 6.07) is 7.75. The van der Waals surface area contributed by atoms with Gasteiger partial charge in [0.05, 0.1) is 24.3 Å². The van der Waals surface area contributed by atoms with Gasteiger partial charge in [0.25, 0.3) is 0 Å². The molecule has 2 amide bonds. The summed E-state index contributed by atoms with van der Waals surface area (Å²) in [6.07, 6.45) is 0.0114. The van der Waals surface area contributed by atoms with E-state index in [2.05, 4.69) is 0 Å². The first kappa shape index (κ1) is 34.0. The summed E-state index contributed by atoms with van der Waals surface area (Å²) in [5.74, 6) is -3.03. The maximum atomic E-state index is 14.0. The minimum absolute atomic E-state index is 0.0144. The molecule has 2 atom stereocenters. The number of halogens is 3. The molecular formula is C33H39ClF2N2O7. The number of carbonyl (C=O) groups excluding carboxylic acids is 2. The number of fused-ring (bicyclic) bond motifs is 2. The van der Waals surface area contributed by atoms with E-state index in [0.717, 1.165) is 17.7 Å². The quantitative estimate of drug-likeness (QED) is 0.252. The predicted octanol–water partition coefficient (Wildman–Crippen LogP) is 7.10. The Balaban J connectivity index is 1.55. The smallest absolute Gasteiger partial charge is 0.411 e. The summed E-state index contributed by atoms with van der Waals surface area (Å²) < 4.78 is 44.2. The average Bonchev–Trinajstić information content (AvgIpc) is 2.92. The second-order valence-electron chi connectivity index (χ2n) is 13.2. The fourth-order valence-corrected chi connectivity index (χ4v) is 5.69. The van der Waals surface area contributed by atoms with Crippen LogP contribution in [0.25, 0.3) is 5.57 Å². The van der Waals surface area contributed by atoms with E-state index in [9.17, 15) is 28.3 Å². The Bertz CT molecular complexity index is 1480. The monoisotopic (exact) mass is 648 g/mol. The predicted molar refractivity (Wildman–Crippen MR) is 164 cm³/mol. The molecule has 244 valence electrons. The molecule has 0 aromatic heterocycles. The highest BCUT2D eigenvalue weighted by Crippen LogP contribution is 2.40. The van der Waals surface area contributed by atoms with E-state index >= 15 is 0 Å². The highest BCUT2D eigenvalue weighted by atomic mass is 35.5. The molecule has 9 nitrogen and oxygen atoms in total. The van der Waals surface area contributed by atoms with E-state index in [-0.39, 0.29) is 37.4 Å². The van der Waals surface area contributed by atoms with E-state index in [0.29, 0.717) is 24.0 Å². The molecule has 0 aliphatic carbocycles. The van der Waals surface area contributed by atoms with Crippen molar-refractivity contribution in [2.45, 2.75) is 84.1 Å². The van der Waals surface area contributed by atoms with Gasteiger partial charge in [-0.25, -0.2) is 23.2 Å². The van der Waals surface area contributed by atoms with E-state index in [1.165, 1.54) is 9.80 Å². The number of piperazine rings is 1. The average molecular weight is 649 g/mol. The second-order valence-corrected chi connectivity index (χ2v) is 13.5. The van der Waals surface area contributed by atoms with Gasteiger partial charge in [-0.1, -0.05) is 35.9 Å². The van der Waals surface area contributed by atoms with Gasteiger partial charge >= 0.3 is 18.2 Å². The molecular weight excluding hydrogens is 610 g/mol. The van der Waals surface area contributed by atoms with Crippen LogP contribution in [-0.4, -0.2) is 76.0 Å². The molecule has 1 N–H and O–H groups in total. The van der Waals surface area contributed by atoms with Crippen LogP contribution < -0.4 is 4.74 Å².